The van der Waals surface area contributed by atoms with Gasteiger partial charge in [-0.25, -0.2) is 9.37 Å². The van der Waals surface area contributed by atoms with Gasteiger partial charge in [-0.2, -0.15) is 4.98 Å². The van der Waals surface area contributed by atoms with Crippen LogP contribution in [0.4, 0.5) is 4.39 Å². The Kier molecular flexibility index (Phi) is 4.05. The number of carbonyl (C=O) groups is 1. The molecular formula is C15H12FN5O2. The van der Waals surface area contributed by atoms with Crippen LogP contribution in [-0.4, -0.2) is 38.0 Å². The summed E-state index contributed by atoms with van der Waals surface area (Å²) < 4.78 is 18.0. The van der Waals surface area contributed by atoms with Crippen LogP contribution in [-0.2, 0) is 6.54 Å². The van der Waals surface area contributed by atoms with Crippen LogP contribution in [0.25, 0.3) is 11.4 Å². The van der Waals surface area contributed by atoms with Gasteiger partial charge >= 0.3 is 0 Å². The predicted molar refractivity (Wildman–Crippen MR) is 77.5 cm³/mol. The van der Waals surface area contributed by atoms with E-state index in [4.69, 9.17) is 4.52 Å². The van der Waals surface area contributed by atoms with E-state index in [0.717, 1.165) is 11.8 Å². The van der Waals surface area contributed by atoms with Gasteiger partial charge in [-0.05, 0) is 24.3 Å². The molecule has 0 bridgehead atoms. The van der Waals surface area contributed by atoms with Gasteiger partial charge in [0, 0.05) is 25.0 Å². The lowest BCUT2D eigenvalue weighted by Crippen LogP contribution is -2.27. The van der Waals surface area contributed by atoms with Crippen LogP contribution < -0.4 is 0 Å². The van der Waals surface area contributed by atoms with E-state index in [2.05, 4.69) is 20.1 Å². The number of nitrogens with zero attached hydrogens (tertiary/aromatic N) is 5. The molecule has 3 heterocycles. The minimum absolute atomic E-state index is 0.116. The van der Waals surface area contributed by atoms with Gasteiger partial charge in [-0.1, -0.05) is 5.16 Å². The molecule has 0 N–H and O–H groups in total. The monoisotopic (exact) mass is 313 g/mol. The second kappa shape index (κ2) is 6.30. The highest BCUT2D eigenvalue weighted by Crippen LogP contribution is 2.14. The van der Waals surface area contributed by atoms with Crippen LogP contribution in [0.3, 0.4) is 0 Å². The van der Waals surface area contributed by atoms with Gasteiger partial charge in [0.1, 0.15) is 18.1 Å². The SMILES string of the molecule is CN(Cc1nc(-c2cccnc2)no1)C(=O)c1ccc(F)cn1. The van der Waals surface area contributed by atoms with Gasteiger partial charge in [0.05, 0.1) is 6.20 Å². The highest BCUT2D eigenvalue weighted by Gasteiger charge is 2.17. The smallest absolute Gasteiger partial charge is 0.272 e. The lowest BCUT2D eigenvalue weighted by molar-refractivity contribution is 0.0763. The first-order chi connectivity index (χ1) is 11.1. The minimum atomic E-state index is -0.498. The molecule has 116 valence electrons. The Bertz CT molecular complexity index is 804. The van der Waals surface area contributed by atoms with Crippen LogP contribution in [0.1, 0.15) is 16.4 Å². The van der Waals surface area contributed by atoms with Gasteiger partial charge < -0.3 is 9.42 Å². The largest absolute Gasteiger partial charge is 0.337 e. The number of aromatic nitrogens is 4. The maximum absolute atomic E-state index is 12.8. The average Bonchev–Trinajstić information content (AvgIpc) is 3.04. The lowest BCUT2D eigenvalue weighted by Gasteiger charge is -2.13. The molecule has 0 aliphatic rings. The molecule has 0 saturated heterocycles. The number of halogens is 1. The normalized spacial score (nSPS) is 10.5. The van der Waals surface area contributed by atoms with Crippen LogP contribution in [0, 0.1) is 5.82 Å². The topological polar surface area (TPSA) is 85.0 Å². The average molecular weight is 313 g/mol. The second-order valence-corrected chi connectivity index (χ2v) is 4.78. The first-order valence-electron chi connectivity index (χ1n) is 6.73. The summed E-state index contributed by atoms with van der Waals surface area (Å²) in [6.07, 6.45) is 4.26. The highest BCUT2D eigenvalue weighted by atomic mass is 19.1. The molecule has 0 spiro atoms. The molecule has 0 unspecified atom stereocenters. The zero-order chi connectivity index (χ0) is 16.2. The van der Waals surface area contributed by atoms with E-state index in [1.165, 1.54) is 17.0 Å². The first kappa shape index (κ1) is 14.8. The fourth-order valence-corrected chi connectivity index (χ4v) is 1.90. The minimum Gasteiger partial charge on any atom is -0.337 e. The van der Waals surface area contributed by atoms with Gasteiger partial charge in [0.25, 0.3) is 5.91 Å². The van der Waals surface area contributed by atoms with Crippen molar-refractivity contribution in [3.05, 3.63) is 60.3 Å². The van der Waals surface area contributed by atoms with Crippen molar-refractivity contribution >= 4 is 5.91 Å². The zero-order valence-corrected chi connectivity index (χ0v) is 12.2. The molecule has 23 heavy (non-hydrogen) atoms. The van der Waals surface area contributed by atoms with E-state index in [0.29, 0.717) is 5.82 Å². The van der Waals surface area contributed by atoms with Crippen molar-refractivity contribution in [2.75, 3.05) is 7.05 Å². The molecule has 0 aliphatic heterocycles. The number of hydrogen-bond acceptors (Lipinski definition) is 6. The van der Waals surface area contributed by atoms with E-state index in [1.54, 1.807) is 31.6 Å². The summed E-state index contributed by atoms with van der Waals surface area (Å²) in [6.45, 7) is 0.116. The zero-order valence-electron chi connectivity index (χ0n) is 12.2. The summed E-state index contributed by atoms with van der Waals surface area (Å²) in [5.74, 6) is -0.191. The number of amides is 1. The molecule has 0 aliphatic carbocycles. The van der Waals surface area contributed by atoms with E-state index in [-0.39, 0.29) is 24.0 Å². The molecule has 0 atom stereocenters. The molecule has 3 aromatic heterocycles. The third-order valence-electron chi connectivity index (χ3n) is 3.05. The highest BCUT2D eigenvalue weighted by molar-refractivity contribution is 5.91. The number of pyridine rings is 2. The summed E-state index contributed by atoms with van der Waals surface area (Å²) in [4.78, 5) is 25.5. The third kappa shape index (κ3) is 3.37. The van der Waals surface area contributed by atoms with Gasteiger partial charge in [-0.3, -0.25) is 9.78 Å². The Hall–Kier alpha value is -3.16. The number of carbonyl (C=O) groups excluding carboxylic acids is 1. The summed E-state index contributed by atoms with van der Waals surface area (Å²) >= 11 is 0. The summed E-state index contributed by atoms with van der Waals surface area (Å²) in [5, 5.41) is 3.85. The van der Waals surface area contributed by atoms with Crippen molar-refractivity contribution in [2.45, 2.75) is 6.54 Å². The van der Waals surface area contributed by atoms with Crippen molar-refractivity contribution < 1.29 is 13.7 Å². The van der Waals surface area contributed by atoms with E-state index in [1.807, 2.05) is 0 Å². The molecule has 0 radical (unpaired) electrons. The molecule has 0 fully saturated rings. The maximum atomic E-state index is 12.8. The van der Waals surface area contributed by atoms with Crippen molar-refractivity contribution in [1.29, 1.82) is 0 Å². The molecular weight excluding hydrogens is 301 g/mol. The number of hydrogen-bond donors (Lipinski definition) is 0. The molecule has 7 nitrogen and oxygen atoms in total. The third-order valence-corrected chi connectivity index (χ3v) is 3.05. The summed E-state index contributed by atoms with van der Waals surface area (Å²) in [6, 6.07) is 6.07. The molecule has 0 saturated carbocycles. The van der Waals surface area contributed by atoms with Crippen LogP contribution >= 0.6 is 0 Å². The summed E-state index contributed by atoms with van der Waals surface area (Å²) in [7, 11) is 1.57. The van der Waals surface area contributed by atoms with E-state index >= 15 is 0 Å². The molecule has 1 amide bonds. The van der Waals surface area contributed by atoms with Gasteiger partial charge in [-0.15, -0.1) is 0 Å². The van der Waals surface area contributed by atoms with Gasteiger partial charge in [0.2, 0.25) is 11.7 Å². The van der Waals surface area contributed by atoms with Crippen molar-refractivity contribution in [3.8, 4) is 11.4 Å². The molecule has 3 rings (SSSR count). The lowest BCUT2D eigenvalue weighted by atomic mass is 10.3. The second-order valence-electron chi connectivity index (χ2n) is 4.78. The van der Waals surface area contributed by atoms with Crippen molar-refractivity contribution in [1.82, 2.24) is 25.0 Å². The predicted octanol–water partition coefficient (Wildman–Crippen LogP) is 1.94. The molecule has 0 aromatic carbocycles. The van der Waals surface area contributed by atoms with E-state index < -0.39 is 5.82 Å². The summed E-state index contributed by atoms with van der Waals surface area (Å²) in [5.41, 5.74) is 0.859. The Morgan fingerprint density at radius 1 is 1.30 bits per heavy atom. The van der Waals surface area contributed by atoms with Crippen LogP contribution in [0.15, 0.2) is 47.4 Å². The fraction of sp³-hybridized carbons (Fsp3) is 0.133. The fourth-order valence-electron chi connectivity index (χ4n) is 1.90. The number of rotatable bonds is 4. The Labute approximate surface area is 130 Å². The quantitative estimate of drug-likeness (QED) is 0.732. The standard InChI is InChI=1S/C15H12FN5O2/c1-21(15(22)12-5-4-11(16)8-18-12)9-13-19-14(20-23-13)10-3-2-6-17-7-10/h2-8H,9H2,1H3. The van der Waals surface area contributed by atoms with Crippen molar-refractivity contribution in [3.63, 3.8) is 0 Å². The van der Waals surface area contributed by atoms with E-state index in [9.17, 15) is 9.18 Å². The molecule has 8 heteroatoms. The van der Waals surface area contributed by atoms with Crippen LogP contribution in [0.2, 0.25) is 0 Å². The van der Waals surface area contributed by atoms with Crippen LogP contribution in [0.5, 0.6) is 0 Å². The first-order valence-corrected chi connectivity index (χ1v) is 6.73. The van der Waals surface area contributed by atoms with Gasteiger partial charge in [0.15, 0.2) is 0 Å². The Morgan fingerprint density at radius 2 is 2.17 bits per heavy atom. The van der Waals surface area contributed by atoms with Crippen molar-refractivity contribution in [2.24, 2.45) is 0 Å². The molecule has 3 aromatic rings. The Balaban J connectivity index is 1.71. The maximum Gasteiger partial charge on any atom is 0.272 e. The Morgan fingerprint density at radius 3 is 2.87 bits per heavy atom.